The van der Waals surface area contributed by atoms with Crippen LogP contribution in [0.3, 0.4) is 0 Å². The molecule has 6 heteroatoms. The van der Waals surface area contributed by atoms with E-state index in [1.54, 1.807) is 6.07 Å². The summed E-state index contributed by atoms with van der Waals surface area (Å²) in [5.41, 5.74) is 8.06. The van der Waals surface area contributed by atoms with Gasteiger partial charge < -0.3 is 16.4 Å². The van der Waals surface area contributed by atoms with Gasteiger partial charge in [0.1, 0.15) is 0 Å². The zero-order valence-corrected chi connectivity index (χ0v) is 12.6. The first-order chi connectivity index (χ1) is 9.57. The Morgan fingerprint density at radius 1 is 1.24 bits per heavy atom. The molecule has 5 nitrogen and oxygen atoms in total. The van der Waals surface area contributed by atoms with Gasteiger partial charge in [-0.25, -0.2) is 0 Å². The minimum absolute atomic E-state index is 0. The number of benzene rings is 1. The van der Waals surface area contributed by atoms with Crippen LogP contribution in [-0.4, -0.2) is 17.4 Å². The number of nitrogens with two attached hydrogens (primary N) is 1. The number of carbonyl (C=O) groups is 2. The summed E-state index contributed by atoms with van der Waals surface area (Å²) in [6.07, 6.45) is 4.73. The van der Waals surface area contributed by atoms with Gasteiger partial charge >= 0.3 is 0 Å². The van der Waals surface area contributed by atoms with Crippen LogP contribution in [0.5, 0.6) is 0 Å². The first-order valence-corrected chi connectivity index (χ1v) is 7.10. The first kappa shape index (κ1) is 15.8. The number of hydrogen-bond acceptors (Lipinski definition) is 3. The molecule has 2 aliphatic rings. The average molecular weight is 310 g/mol. The lowest BCUT2D eigenvalue weighted by Gasteiger charge is -2.23. The summed E-state index contributed by atoms with van der Waals surface area (Å²) < 4.78 is 0. The van der Waals surface area contributed by atoms with Crippen molar-refractivity contribution in [3.05, 3.63) is 23.8 Å². The second kappa shape index (κ2) is 6.03. The van der Waals surface area contributed by atoms with Gasteiger partial charge in [-0.2, -0.15) is 0 Å². The summed E-state index contributed by atoms with van der Waals surface area (Å²) in [5, 5.41) is 5.74. The van der Waals surface area contributed by atoms with E-state index < -0.39 is 5.54 Å². The largest absolute Gasteiger partial charge is 0.326 e. The summed E-state index contributed by atoms with van der Waals surface area (Å²) in [4.78, 5) is 23.6. The van der Waals surface area contributed by atoms with E-state index in [-0.39, 0.29) is 24.2 Å². The lowest BCUT2D eigenvalue weighted by molar-refractivity contribution is -0.121. The zero-order valence-electron chi connectivity index (χ0n) is 11.8. The molecule has 1 aromatic carbocycles. The summed E-state index contributed by atoms with van der Waals surface area (Å²) in [6.45, 7) is 0. The Balaban J connectivity index is 0.00000161. The molecule has 0 saturated heterocycles. The number of hydrogen-bond donors (Lipinski definition) is 3. The monoisotopic (exact) mass is 309 g/mol. The van der Waals surface area contributed by atoms with Crippen LogP contribution in [0.25, 0.3) is 0 Å². The summed E-state index contributed by atoms with van der Waals surface area (Å²) >= 11 is 0. The minimum atomic E-state index is -0.718. The van der Waals surface area contributed by atoms with Crippen LogP contribution in [0, 0.1) is 0 Å². The van der Waals surface area contributed by atoms with Crippen LogP contribution in [0.1, 0.15) is 37.7 Å². The maximum atomic E-state index is 12.3. The highest BCUT2D eigenvalue weighted by molar-refractivity contribution is 5.99. The molecule has 0 atom stereocenters. The maximum Gasteiger partial charge on any atom is 0.244 e. The molecule has 21 heavy (non-hydrogen) atoms. The molecule has 1 aliphatic carbocycles. The predicted octanol–water partition coefficient (Wildman–Crippen LogP) is 2.20. The molecule has 1 heterocycles. The lowest BCUT2D eigenvalue weighted by atomic mass is 9.97. The number of aryl methyl sites for hydroxylation is 1. The number of rotatable bonds is 2. The fourth-order valence-corrected chi connectivity index (χ4v) is 2.95. The van der Waals surface area contributed by atoms with Crippen LogP contribution in [0.2, 0.25) is 0 Å². The third-order valence-electron chi connectivity index (χ3n) is 4.21. The van der Waals surface area contributed by atoms with Crippen molar-refractivity contribution in [3.63, 3.8) is 0 Å². The molecular formula is C15H20ClN3O2. The quantitative estimate of drug-likeness (QED) is 0.783. The lowest BCUT2D eigenvalue weighted by Crippen LogP contribution is -2.48. The maximum absolute atomic E-state index is 12.3. The summed E-state index contributed by atoms with van der Waals surface area (Å²) in [7, 11) is 0. The molecule has 4 N–H and O–H groups in total. The first-order valence-electron chi connectivity index (χ1n) is 7.10. The van der Waals surface area contributed by atoms with Crippen molar-refractivity contribution in [2.75, 3.05) is 10.6 Å². The molecule has 0 aromatic heterocycles. The molecule has 0 unspecified atom stereocenters. The van der Waals surface area contributed by atoms with Crippen molar-refractivity contribution in [1.82, 2.24) is 0 Å². The van der Waals surface area contributed by atoms with Crippen molar-refractivity contribution in [1.29, 1.82) is 0 Å². The molecule has 2 amide bonds. The summed E-state index contributed by atoms with van der Waals surface area (Å²) in [5.74, 6) is -0.0593. The number of nitrogens with one attached hydrogen (secondary N) is 2. The number of anilines is 2. The van der Waals surface area contributed by atoms with Crippen LogP contribution in [0.4, 0.5) is 11.4 Å². The van der Waals surface area contributed by atoms with E-state index in [0.29, 0.717) is 12.8 Å². The Kier molecular flexibility index (Phi) is 4.54. The highest BCUT2D eigenvalue weighted by Gasteiger charge is 2.37. The van der Waals surface area contributed by atoms with Gasteiger partial charge in [-0.1, -0.05) is 12.8 Å². The standard InChI is InChI=1S/C15H19N3O2.ClH/c16-15(7-1-2-8-15)14(20)17-11-4-5-12-10(9-11)3-6-13(19)18-12;/h4-5,9H,1-3,6-8,16H2,(H,17,20)(H,18,19);1H. The normalized spacial score (nSPS) is 19.2. The number of amides is 2. The van der Waals surface area contributed by atoms with Crippen molar-refractivity contribution in [2.24, 2.45) is 5.73 Å². The molecule has 1 aliphatic heterocycles. The SMILES string of the molecule is Cl.NC1(C(=O)Nc2ccc3c(c2)CCC(=O)N3)CCCC1. The summed E-state index contributed by atoms with van der Waals surface area (Å²) in [6, 6.07) is 5.56. The fourth-order valence-electron chi connectivity index (χ4n) is 2.95. The second-order valence-electron chi connectivity index (χ2n) is 5.74. The molecule has 114 valence electrons. The molecule has 0 bridgehead atoms. The van der Waals surface area contributed by atoms with Crippen molar-refractivity contribution >= 4 is 35.6 Å². The molecule has 1 aromatic rings. The molecule has 3 rings (SSSR count). The van der Waals surface area contributed by atoms with Crippen molar-refractivity contribution in [3.8, 4) is 0 Å². The molecule has 0 spiro atoms. The predicted molar refractivity (Wildman–Crippen MR) is 84.7 cm³/mol. The van der Waals surface area contributed by atoms with Gasteiger partial charge in [-0.3, -0.25) is 9.59 Å². The zero-order chi connectivity index (χ0) is 14.2. The van der Waals surface area contributed by atoms with Crippen LogP contribution < -0.4 is 16.4 Å². The van der Waals surface area contributed by atoms with E-state index in [1.807, 2.05) is 12.1 Å². The van der Waals surface area contributed by atoms with Crippen LogP contribution in [-0.2, 0) is 16.0 Å². The van der Waals surface area contributed by atoms with Crippen molar-refractivity contribution < 1.29 is 9.59 Å². The molecule has 0 radical (unpaired) electrons. The Morgan fingerprint density at radius 3 is 2.67 bits per heavy atom. The fraction of sp³-hybridized carbons (Fsp3) is 0.467. The highest BCUT2D eigenvalue weighted by atomic mass is 35.5. The van der Waals surface area contributed by atoms with Crippen LogP contribution >= 0.6 is 12.4 Å². The topological polar surface area (TPSA) is 84.2 Å². The number of carbonyl (C=O) groups excluding carboxylic acids is 2. The van der Waals surface area contributed by atoms with E-state index in [2.05, 4.69) is 10.6 Å². The van der Waals surface area contributed by atoms with Crippen LogP contribution in [0.15, 0.2) is 18.2 Å². The average Bonchev–Trinajstić information content (AvgIpc) is 2.87. The van der Waals surface area contributed by atoms with E-state index in [4.69, 9.17) is 5.73 Å². The molecule has 1 fully saturated rings. The molecule has 1 saturated carbocycles. The van der Waals surface area contributed by atoms with E-state index in [0.717, 1.165) is 42.6 Å². The smallest absolute Gasteiger partial charge is 0.244 e. The van der Waals surface area contributed by atoms with E-state index >= 15 is 0 Å². The highest BCUT2D eigenvalue weighted by Crippen LogP contribution is 2.30. The third kappa shape index (κ3) is 3.19. The number of halogens is 1. The van der Waals surface area contributed by atoms with Crippen molar-refractivity contribution in [2.45, 2.75) is 44.1 Å². The third-order valence-corrected chi connectivity index (χ3v) is 4.21. The van der Waals surface area contributed by atoms with Gasteiger partial charge in [-0.15, -0.1) is 12.4 Å². The van der Waals surface area contributed by atoms with Gasteiger partial charge in [0.15, 0.2) is 0 Å². The van der Waals surface area contributed by atoms with Gasteiger partial charge in [-0.05, 0) is 43.0 Å². The van der Waals surface area contributed by atoms with Gasteiger partial charge in [0.05, 0.1) is 5.54 Å². The minimum Gasteiger partial charge on any atom is -0.326 e. The Hall–Kier alpha value is -1.59. The number of fused-ring (bicyclic) bond motifs is 1. The van der Waals surface area contributed by atoms with E-state index in [1.165, 1.54) is 0 Å². The Bertz CT molecular complexity index is 568. The van der Waals surface area contributed by atoms with Gasteiger partial charge in [0, 0.05) is 17.8 Å². The van der Waals surface area contributed by atoms with E-state index in [9.17, 15) is 9.59 Å². The molecular weight excluding hydrogens is 290 g/mol. The Morgan fingerprint density at radius 2 is 1.95 bits per heavy atom. The van der Waals surface area contributed by atoms with Gasteiger partial charge in [0.2, 0.25) is 11.8 Å². The van der Waals surface area contributed by atoms with Gasteiger partial charge in [0.25, 0.3) is 0 Å². The second-order valence-corrected chi connectivity index (χ2v) is 5.74. The Labute approximate surface area is 130 Å².